The van der Waals surface area contributed by atoms with Crippen LogP contribution in [0, 0.1) is 12.3 Å². The van der Waals surface area contributed by atoms with E-state index < -0.39 is 16.0 Å². The number of thioether (sulfide) groups is 1. The summed E-state index contributed by atoms with van der Waals surface area (Å²) >= 11 is 0.980. The first-order valence-electron chi connectivity index (χ1n) is 8.66. The van der Waals surface area contributed by atoms with E-state index in [4.69, 9.17) is 9.59 Å². The summed E-state index contributed by atoms with van der Waals surface area (Å²) in [5.74, 6) is -0.288. The van der Waals surface area contributed by atoms with Gasteiger partial charge in [-0.1, -0.05) is 48.0 Å². The van der Waals surface area contributed by atoms with Crippen molar-refractivity contribution in [1.29, 1.82) is 5.41 Å². The smallest absolute Gasteiger partial charge is 0.339 e. The van der Waals surface area contributed by atoms with Crippen molar-refractivity contribution in [3.63, 3.8) is 0 Å². The molecule has 1 aliphatic rings. The molecule has 8 heteroatoms. The molecule has 1 heterocycles. The predicted octanol–water partition coefficient (Wildman–Crippen LogP) is 4.05. The van der Waals surface area contributed by atoms with E-state index in [2.05, 4.69) is 5.32 Å². The summed E-state index contributed by atoms with van der Waals surface area (Å²) in [5, 5.41) is 11.7. The molecule has 146 valence electrons. The monoisotopic (exact) mass is 424 g/mol. The number of amides is 1. The van der Waals surface area contributed by atoms with Crippen molar-refractivity contribution in [3.8, 4) is 5.75 Å². The SMILES string of the molecule is Cc1ccc(S(=O)(=O)Oc2ccc3ccccc3c2/C=C2\SC(=N)NC2=O)cc1. The summed E-state index contributed by atoms with van der Waals surface area (Å²) < 4.78 is 31.1. The van der Waals surface area contributed by atoms with Crippen LogP contribution in [0.25, 0.3) is 16.8 Å². The van der Waals surface area contributed by atoms with Gasteiger partial charge in [-0.05, 0) is 53.7 Å². The Labute approximate surface area is 172 Å². The number of benzene rings is 3. The number of hydrogen-bond acceptors (Lipinski definition) is 6. The van der Waals surface area contributed by atoms with Crippen LogP contribution in [0.15, 0.2) is 70.5 Å². The summed E-state index contributed by atoms with van der Waals surface area (Å²) in [6.07, 6.45) is 1.56. The molecule has 3 aromatic carbocycles. The average molecular weight is 425 g/mol. The zero-order chi connectivity index (χ0) is 20.6. The van der Waals surface area contributed by atoms with Gasteiger partial charge < -0.3 is 9.50 Å². The maximum absolute atomic E-state index is 12.8. The van der Waals surface area contributed by atoms with E-state index in [9.17, 15) is 13.2 Å². The van der Waals surface area contributed by atoms with Crippen molar-refractivity contribution >= 4 is 49.8 Å². The highest BCUT2D eigenvalue weighted by Crippen LogP contribution is 2.35. The molecule has 0 bridgehead atoms. The van der Waals surface area contributed by atoms with E-state index in [1.165, 1.54) is 12.1 Å². The fourth-order valence-corrected chi connectivity index (χ4v) is 4.57. The summed E-state index contributed by atoms with van der Waals surface area (Å²) in [6.45, 7) is 1.87. The Morgan fingerprint density at radius 1 is 1.03 bits per heavy atom. The molecule has 4 rings (SSSR count). The first kappa shape index (κ1) is 19.2. The van der Waals surface area contributed by atoms with E-state index in [0.717, 1.165) is 28.1 Å². The van der Waals surface area contributed by atoms with Gasteiger partial charge in [-0.2, -0.15) is 8.42 Å². The highest BCUT2D eigenvalue weighted by Gasteiger charge is 2.24. The number of hydrogen-bond donors (Lipinski definition) is 2. The summed E-state index contributed by atoms with van der Waals surface area (Å²) in [6, 6.07) is 17.1. The molecule has 1 aliphatic heterocycles. The van der Waals surface area contributed by atoms with Crippen LogP contribution in [0.3, 0.4) is 0 Å². The molecule has 0 aliphatic carbocycles. The molecule has 0 aromatic heterocycles. The zero-order valence-electron chi connectivity index (χ0n) is 15.3. The van der Waals surface area contributed by atoms with Crippen LogP contribution in [0.5, 0.6) is 5.75 Å². The maximum atomic E-state index is 12.8. The first-order chi connectivity index (χ1) is 13.8. The van der Waals surface area contributed by atoms with Crippen molar-refractivity contribution in [2.24, 2.45) is 0 Å². The van der Waals surface area contributed by atoms with Crippen molar-refractivity contribution in [2.75, 3.05) is 0 Å². The Bertz CT molecular complexity index is 1280. The third-order valence-corrected chi connectivity index (χ3v) is 6.46. The van der Waals surface area contributed by atoms with Gasteiger partial charge in [-0.25, -0.2) is 0 Å². The average Bonchev–Trinajstić information content (AvgIpc) is 3.00. The van der Waals surface area contributed by atoms with E-state index in [0.29, 0.717) is 10.5 Å². The molecule has 0 spiro atoms. The Kier molecular flexibility index (Phi) is 4.89. The van der Waals surface area contributed by atoms with Crippen molar-refractivity contribution in [1.82, 2.24) is 5.32 Å². The standard InChI is InChI=1S/C21H16N2O4S2/c1-13-6-9-15(10-7-13)29(25,26)27-18-11-8-14-4-2-3-5-16(14)17(18)12-19-20(24)23-21(22)28-19/h2-12H,1H3,(H2,22,23,24)/b19-12-. The highest BCUT2D eigenvalue weighted by molar-refractivity contribution is 8.18. The fourth-order valence-electron chi connectivity index (χ4n) is 2.94. The second kappa shape index (κ2) is 7.38. The lowest BCUT2D eigenvalue weighted by atomic mass is 10.0. The van der Waals surface area contributed by atoms with Gasteiger partial charge in [-0.15, -0.1) is 0 Å². The molecule has 1 saturated heterocycles. The van der Waals surface area contributed by atoms with E-state index in [1.807, 2.05) is 31.2 Å². The molecule has 29 heavy (non-hydrogen) atoms. The molecule has 3 aromatic rings. The van der Waals surface area contributed by atoms with Crippen LogP contribution in [0.2, 0.25) is 0 Å². The molecule has 6 nitrogen and oxygen atoms in total. The Balaban J connectivity index is 1.84. The van der Waals surface area contributed by atoms with E-state index >= 15 is 0 Å². The maximum Gasteiger partial charge on any atom is 0.339 e. The Morgan fingerprint density at radius 3 is 2.45 bits per heavy atom. The number of nitrogens with one attached hydrogen (secondary N) is 2. The molecular weight excluding hydrogens is 408 g/mol. The van der Waals surface area contributed by atoms with Crippen LogP contribution in [-0.4, -0.2) is 19.5 Å². The minimum atomic E-state index is -4.06. The molecule has 1 amide bonds. The van der Waals surface area contributed by atoms with Crippen LogP contribution in [0.4, 0.5) is 0 Å². The van der Waals surface area contributed by atoms with Gasteiger partial charge in [-0.3, -0.25) is 10.2 Å². The molecule has 0 atom stereocenters. The summed E-state index contributed by atoms with van der Waals surface area (Å²) in [4.78, 5) is 12.4. The van der Waals surface area contributed by atoms with Gasteiger partial charge in [0, 0.05) is 5.56 Å². The lowest BCUT2D eigenvalue weighted by Gasteiger charge is -2.12. The molecular formula is C21H16N2O4S2. The van der Waals surface area contributed by atoms with Crippen LogP contribution in [0.1, 0.15) is 11.1 Å². The van der Waals surface area contributed by atoms with Gasteiger partial charge in [0.2, 0.25) is 0 Å². The summed E-state index contributed by atoms with van der Waals surface area (Å²) in [5.41, 5.74) is 1.40. The number of rotatable bonds is 4. The molecule has 0 saturated carbocycles. The van der Waals surface area contributed by atoms with Crippen molar-refractivity contribution < 1.29 is 17.4 Å². The van der Waals surface area contributed by atoms with E-state index in [1.54, 1.807) is 30.3 Å². The normalized spacial score (nSPS) is 15.7. The molecule has 0 unspecified atom stereocenters. The number of carbonyl (C=O) groups is 1. The second-order valence-electron chi connectivity index (χ2n) is 6.44. The summed E-state index contributed by atoms with van der Waals surface area (Å²) in [7, 11) is -4.06. The van der Waals surface area contributed by atoms with Gasteiger partial charge >= 0.3 is 10.1 Å². The Hall–Kier alpha value is -3.10. The van der Waals surface area contributed by atoms with Crippen LogP contribution < -0.4 is 9.50 Å². The quantitative estimate of drug-likeness (QED) is 0.486. The van der Waals surface area contributed by atoms with Gasteiger partial charge in [0.25, 0.3) is 5.91 Å². The minimum Gasteiger partial charge on any atom is -0.378 e. The topological polar surface area (TPSA) is 96.3 Å². The fraction of sp³-hybridized carbons (Fsp3) is 0.0476. The number of fused-ring (bicyclic) bond motifs is 1. The van der Waals surface area contributed by atoms with Crippen LogP contribution in [-0.2, 0) is 14.9 Å². The van der Waals surface area contributed by atoms with Crippen LogP contribution >= 0.6 is 11.8 Å². The number of amidine groups is 1. The number of carbonyl (C=O) groups excluding carboxylic acids is 1. The lowest BCUT2D eigenvalue weighted by molar-refractivity contribution is -0.115. The predicted molar refractivity (Wildman–Crippen MR) is 114 cm³/mol. The molecule has 0 radical (unpaired) electrons. The third kappa shape index (κ3) is 3.90. The van der Waals surface area contributed by atoms with Crippen molar-refractivity contribution in [3.05, 3.63) is 76.7 Å². The first-order valence-corrected chi connectivity index (χ1v) is 10.9. The molecule has 2 N–H and O–H groups in total. The highest BCUT2D eigenvalue weighted by atomic mass is 32.2. The largest absolute Gasteiger partial charge is 0.378 e. The second-order valence-corrected chi connectivity index (χ2v) is 9.04. The van der Waals surface area contributed by atoms with Gasteiger partial charge in [0.15, 0.2) is 10.9 Å². The van der Waals surface area contributed by atoms with Crippen molar-refractivity contribution in [2.45, 2.75) is 11.8 Å². The zero-order valence-corrected chi connectivity index (χ0v) is 16.9. The van der Waals surface area contributed by atoms with E-state index in [-0.39, 0.29) is 15.8 Å². The number of aryl methyl sites for hydroxylation is 1. The van der Waals surface area contributed by atoms with Gasteiger partial charge in [0.1, 0.15) is 4.90 Å². The van der Waals surface area contributed by atoms with Gasteiger partial charge in [0.05, 0.1) is 4.91 Å². The molecule has 1 fully saturated rings. The third-order valence-electron chi connectivity index (χ3n) is 4.38. The minimum absolute atomic E-state index is 0.0243. The Morgan fingerprint density at radius 2 is 1.76 bits per heavy atom. The lowest BCUT2D eigenvalue weighted by Crippen LogP contribution is -2.18.